The summed E-state index contributed by atoms with van der Waals surface area (Å²) in [6, 6.07) is 8.06. The SMILES string of the molecule is CC(C)NC(=O)CCNC(=O)C1Cc2ccccc2CN1.Cl. The Labute approximate surface area is 137 Å². The lowest BCUT2D eigenvalue weighted by Gasteiger charge is -2.25. The molecule has 0 bridgehead atoms. The highest BCUT2D eigenvalue weighted by Gasteiger charge is 2.23. The van der Waals surface area contributed by atoms with E-state index in [9.17, 15) is 9.59 Å². The molecule has 22 heavy (non-hydrogen) atoms. The van der Waals surface area contributed by atoms with Crippen molar-refractivity contribution in [2.45, 2.75) is 45.3 Å². The minimum absolute atomic E-state index is 0. The Morgan fingerprint density at radius 3 is 2.64 bits per heavy atom. The van der Waals surface area contributed by atoms with Gasteiger partial charge in [-0.2, -0.15) is 0 Å². The van der Waals surface area contributed by atoms with Gasteiger partial charge in [-0.15, -0.1) is 12.4 Å². The molecule has 0 fully saturated rings. The van der Waals surface area contributed by atoms with Crippen LogP contribution in [0.2, 0.25) is 0 Å². The molecule has 6 heteroatoms. The fourth-order valence-corrected chi connectivity index (χ4v) is 2.46. The molecule has 122 valence electrons. The molecule has 0 saturated heterocycles. The van der Waals surface area contributed by atoms with E-state index in [1.54, 1.807) is 0 Å². The average molecular weight is 326 g/mol. The van der Waals surface area contributed by atoms with Crippen molar-refractivity contribution in [2.75, 3.05) is 6.54 Å². The second-order valence-electron chi connectivity index (χ2n) is 5.67. The van der Waals surface area contributed by atoms with Crippen molar-refractivity contribution >= 4 is 24.2 Å². The van der Waals surface area contributed by atoms with E-state index >= 15 is 0 Å². The maximum absolute atomic E-state index is 12.1. The Morgan fingerprint density at radius 1 is 1.27 bits per heavy atom. The van der Waals surface area contributed by atoms with Crippen LogP contribution in [0.25, 0.3) is 0 Å². The molecule has 0 saturated carbocycles. The smallest absolute Gasteiger partial charge is 0.237 e. The Kier molecular flexibility index (Phi) is 7.35. The van der Waals surface area contributed by atoms with Crippen LogP contribution < -0.4 is 16.0 Å². The standard InChI is InChI=1S/C16H23N3O2.ClH/c1-11(2)19-15(20)7-8-17-16(21)14-9-12-5-3-4-6-13(12)10-18-14;/h3-6,11,14,18H,7-10H2,1-2H3,(H,17,21)(H,19,20);1H. The van der Waals surface area contributed by atoms with E-state index in [1.165, 1.54) is 11.1 Å². The molecule has 1 heterocycles. The fourth-order valence-electron chi connectivity index (χ4n) is 2.46. The van der Waals surface area contributed by atoms with Crippen LogP contribution in [-0.4, -0.2) is 30.4 Å². The molecule has 2 rings (SSSR count). The van der Waals surface area contributed by atoms with Crippen molar-refractivity contribution < 1.29 is 9.59 Å². The highest BCUT2D eigenvalue weighted by molar-refractivity contribution is 5.85. The van der Waals surface area contributed by atoms with Gasteiger partial charge in [0.05, 0.1) is 6.04 Å². The maximum atomic E-state index is 12.1. The van der Waals surface area contributed by atoms with Crippen LogP contribution in [0.15, 0.2) is 24.3 Å². The zero-order valence-corrected chi connectivity index (χ0v) is 13.8. The molecule has 0 aromatic heterocycles. The summed E-state index contributed by atoms with van der Waals surface area (Å²) in [5.74, 6) is -0.0749. The van der Waals surface area contributed by atoms with Crippen molar-refractivity contribution in [3.8, 4) is 0 Å². The van der Waals surface area contributed by atoms with E-state index in [0.717, 1.165) is 0 Å². The third-order valence-electron chi connectivity index (χ3n) is 3.50. The largest absolute Gasteiger partial charge is 0.354 e. The molecule has 0 aliphatic carbocycles. The van der Waals surface area contributed by atoms with Crippen LogP contribution in [0.4, 0.5) is 0 Å². The Bertz CT molecular complexity index is 520. The number of rotatable bonds is 5. The first kappa shape index (κ1) is 18.5. The highest BCUT2D eigenvalue weighted by atomic mass is 35.5. The van der Waals surface area contributed by atoms with Gasteiger partial charge in [-0.3, -0.25) is 9.59 Å². The minimum Gasteiger partial charge on any atom is -0.354 e. The number of carbonyl (C=O) groups is 2. The van der Waals surface area contributed by atoms with Crippen molar-refractivity contribution in [2.24, 2.45) is 0 Å². The van der Waals surface area contributed by atoms with Gasteiger partial charge in [0.1, 0.15) is 0 Å². The second kappa shape index (κ2) is 8.76. The number of carbonyl (C=O) groups excluding carboxylic acids is 2. The summed E-state index contributed by atoms with van der Waals surface area (Å²) in [5, 5.41) is 8.86. The minimum atomic E-state index is -0.215. The van der Waals surface area contributed by atoms with Gasteiger partial charge in [-0.05, 0) is 31.4 Å². The number of halogens is 1. The summed E-state index contributed by atoms with van der Waals surface area (Å²) in [4.78, 5) is 23.6. The number of benzene rings is 1. The third-order valence-corrected chi connectivity index (χ3v) is 3.50. The van der Waals surface area contributed by atoms with Crippen LogP contribution in [0.3, 0.4) is 0 Å². The van der Waals surface area contributed by atoms with Crippen LogP contribution in [-0.2, 0) is 22.6 Å². The average Bonchev–Trinajstić information content (AvgIpc) is 2.45. The van der Waals surface area contributed by atoms with E-state index < -0.39 is 0 Å². The molecule has 1 atom stereocenters. The summed E-state index contributed by atoms with van der Waals surface area (Å²) in [5.41, 5.74) is 2.46. The first-order valence-corrected chi connectivity index (χ1v) is 7.43. The van der Waals surface area contributed by atoms with Gasteiger partial charge < -0.3 is 16.0 Å². The molecule has 5 nitrogen and oxygen atoms in total. The quantitative estimate of drug-likeness (QED) is 0.760. The monoisotopic (exact) mass is 325 g/mol. The van der Waals surface area contributed by atoms with Crippen molar-refractivity contribution in [3.05, 3.63) is 35.4 Å². The molecule has 1 aromatic carbocycles. The van der Waals surface area contributed by atoms with Gasteiger partial charge in [0.2, 0.25) is 11.8 Å². The second-order valence-corrected chi connectivity index (χ2v) is 5.67. The number of nitrogens with one attached hydrogen (secondary N) is 3. The summed E-state index contributed by atoms with van der Waals surface area (Å²) in [6.45, 7) is 4.92. The first-order chi connectivity index (χ1) is 10.1. The van der Waals surface area contributed by atoms with Crippen LogP contribution in [0.1, 0.15) is 31.4 Å². The molecule has 3 N–H and O–H groups in total. The zero-order valence-electron chi connectivity index (χ0n) is 13.0. The maximum Gasteiger partial charge on any atom is 0.237 e. The predicted octanol–water partition coefficient (Wildman–Crippen LogP) is 1.15. The topological polar surface area (TPSA) is 70.2 Å². The van der Waals surface area contributed by atoms with Crippen LogP contribution in [0.5, 0.6) is 0 Å². The molecular formula is C16H24ClN3O2. The van der Waals surface area contributed by atoms with Crippen molar-refractivity contribution in [3.63, 3.8) is 0 Å². The number of hydrogen-bond donors (Lipinski definition) is 3. The van der Waals surface area contributed by atoms with E-state index in [-0.39, 0.29) is 36.3 Å². The summed E-state index contributed by atoms with van der Waals surface area (Å²) >= 11 is 0. The molecular weight excluding hydrogens is 302 g/mol. The third kappa shape index (κ3) is 5.31. The lowest BCUT2D eigenvalue weighted by molar-refractivity contribution is -0.124. The number of fused-ring (bicyclic) bond motifs is 1. The highest BCUT2D eigenvalue weighted by Crippen LogP contribution is 2.16. The molecule has 1 unspecified atom stereocenters. The van der Waals surface area contributed by atoms with Gasteiger partial charge in [-0.1, -0.05) is 24.3 Å². The molecule has 0 spiro atoms. The number of amides is 2. The summed E-state index contributed by atoms with van der Waals surface area (Å²) < 4.78 is 0. The lowest BCUT2D eigenvalue weighted by Crippen LogP contribution is -2.48. The zero-order chi connectivity index (χ0) is 15.2. The lowest BCUT2D eigenvalue weighted by atomic mass is 9.95. The predicted molar refractivity (Wildman–Crippen MR) is 88.9 cm³/mol. The first-order valence-electron chi connectivity index (χ1n) is 7.43. The normalized spacial score (nSPS) is 16.4. The number of hydrogen-bond acceptors (Lipinski definition) is 3. The Balaban J connectivity index is 0.00000242. The van der Waals surface area contributed by atoms with Gasteiger partial charge in [-0.25, -0.2) is 0 Å². The van der Waals surface area contributed by atoms with E-state index in [4.69, 9.17) is 0 Å². The van der Waals surface area contributed by atoms with Crippen molar-refractivity contribution in [1.29, 1.82) is 0 Å². The van der Waals surface area contributed by atoms with E-state index in [2.05, 4.69) is 28.1 Å². The van der Waals surface area contributed by atoms with Gasteiger partial charge in [0, 0.05) is 25.6 Å². The fraction of sp³-hybridized carbons (Fsp3) is 0.500. The molecule has 1 aliphatic heterocycles. The Hall–Kier alpha value is -1.59. The molecule has 2 amide bonds. The van der Waals surface area contributed by atoms with Crippen LogP contribution >= 0.6 is 12.4 Å². The molecule has 1 aromatic rings. The molecule has 1 aliphatic rings. The van der Waals surface area contributed by atoms with E-state index in [0.29, 0.717) is 25.9 Å². The van der Waals surface area contributed by atoms with E-state index in [1.807, 2.05) is 26.0 Å². The van der Waals surface area contributed by atoms with Gasteiger partial charge in [0.25, 0.3) is 0 Å². The van der Waals surface area contributed by atoms with Crippen LogP contribution in [0, 0.1) is 0 Å². The summed E-state index contributed by atoms with van der Waals surface area (Å²) in [6.07, 6.45) is 1.01. The Morgan fingerprint density at radius 2 is 1.95 bits per heavy atom. The molecule has 0 radical (unpaired) electrons. The van der Waals surface area contributed by atoms with Crippen molar-refractivity contribution in [1.82, 2.24) is 16.0 Å². The summed E-state index contributed by atoms with van der Waals surface area (Å²) in [7, 11) is 0. The van der Waals surface area contributed by atoms with Gasteiger partial charge in [0.15, 0.2) is 0 Å². The van der Waals surface area contributed by atoms with Gasteiger partial charge >= 0.3 is 0 Å².